The Hall–Kier alpha value is -0.800. The van der Waals surface area contributed by atoms with E-state index in [9.17, 15) is 0 Å². The van der Waals surface area contributed by atoms with Crippen molar-refractivity contribution < 1.29 is 0 Å². The fourth-order valence-corrected chi connectivity index (χ4v) is 2.86. The highest BCUT2D eigenvalue weighted by molar-refractivity contribution is 5.02. The maximum absolute atomic E-state index is 3.49. The predicted octanol–water partition coefficient (Wildman–Crippen LogP) is 2.76. The fourth-order valence-electron chi connectivity index (χ4n) is 2.86. The van der Waals surface area contributed by atoms with Crippen LogP contribution in [0.4, 0.5) is 0 Å². The first-order valence-electron chi connectivity index (χ1n) is 7.39. The van der Waals surface area contributed by atoms with Crippen molar-refractivity contribution in [2.75, 3.05) is 20.1 Å². The Morgan fingerprint density at radius 2 is 2.17 bits per heavy atom. The van der Waals surface area contributed by atoms with Crippen LogP contribution in [0.3, 0.4) is 0 Å². The number of aromatic nitrogens is 1. The second-order valence-electron chi connectivity index (χ2n) is 5.50. The Balaban J connectivity index is 1.52. The van der Waals surface area contributed by atoms with E-state index in [0.717, 1.165) is 19.1 Å². The van der Waals surface area contributed by atoms with Gasteiger partial charge in [-0.15, -0.1) is 0 Å². The molecule has 0 radical (unpaired) electrons. The fraction of sp³-hybridized carbons (Fsp3) is 0.733. The van der Waals surface area contributed by atoms with Crippen LogP contribution in [-0.2, 0) is 6.54 Å². The predicted molar refractivity (Wildman–Crippen MR) is 76.6 cm³/mol. The van der Waals surface area contributed by atoms with E-state index in [1.807, 2.05) is 12.3 Å². The molecule has 1 fully saturated rings. The van der Waals surface area contributed by atoms with Gasteiger partial charge < -0.3 is 15.2 Å². The van der Waals surface area contributed by atoms with E-state index in [0.29, 0.717) is 0 Å². The molecule has 0 spiro atoms. The van der Waals surface area contributed by atoms with Gasteiger partial charge in [0.25, 0.3) is 0 Å². The van der Waals surface area contributed by atoms with Gasteiger partial charge in [0.1, 0.15) is 0 Å². The molecule has 0 amide bonds. The van der Waals surface area contributed by atoms with Crippen LogP contribution in [-0.4, -0.2) is 36.1 Å². The minimum Gasteiger partial charge on any atom is -0.364 e. The molecular weight excluding hydrogens is 222 g/mol. The monoisotopic (exact) mass is 249 g/mol. The van der Waals surface area contributed by atoms with Gasteiger partial charge in [-0.05, 0) is 51.5 Å². The van der Waals surface area contributed by atoms with Gasteiger partial charge in [0.2, 0.25) is 0 Å². The zero-order chi connectivity index (χ0) is 12.6. The molecule has 1 aromatic heterocycles. The number of nitrogens with zero attached hydrogens (tertiary/aromatic N) is 1. The molecule has 3 heteroatoms. The van der Waals surface area contributed by atoms with Crippen molar-refractivity contribution in [3.05, 3.63) is 24.0 Å². The normalized spacial score (nSPS) is 17.4. The highest BCUT2D eigenvalue weighted by atomic mass is 15.1. The van der Waals surface area contributed by atoms with Crippen molar-refractivity contribution in [3.63, 3.8) is 0 Å². The summed E-state index contributed by atoms with van der Waals surface area (Å²) in [7, 11) is 2.29. The second-order valence-corrected chi connectivity index (χ2v) is 5.50. The van der Waals surface area contributed by atoms with Crippen LogP contribution < -0.4 is 5.32 Å². The summed E-state index contributed by atoms with van der Waals surface area (Å²) >= 11 is 0. The lowest BCUT2D eigenvalue weighted by Gasteiger charge is -2.31. The summed E-state index contributed by atoms with van der Waals surface area (Å²) in [4.78, 5) is 5.78. The lowest BCUT2D eigenvalue weighted by molar-refractivity contribution is 0.189. The van der Waals surface area contributed by atoms with Gasteiger partial charge in [-0.1, -0.05) is 19.3 Å². The van der Waals surface area contributed by atoms with Gasteiger partial charge in [0.15, 0.2) is 0 Å². The van der Waals surface area contributed by atoms with E-state index in [-0.39, 0.29) is 0 Å². The summed E-state index contributed by atoms with van der Waals surface area (Å²) in [5.41, 5.74) is 1.27. The molecule has 0 unspecified atom stereocenters. The topological polar surface area (TPSA) is 31.1 Å². The van der Waals surface area contributed by atoms with E-state index in [1.165, 1.54) is 50.8 Å². The molecule has 1 heterocycles. The molecule has 2 rings (SSSR count). The van der Waals surface area contributed by atoms with Crippen molar-refractivity contribution >= 4 is 0 Å². The molecular formula is C15H27N3. The Kier molecular flexibility index (Phi) is 5.75. The summed E-state index contributed by atoms with van der Waals surface area (Å²) in [6.45, 7) is 3.29. The molecule has 3 nitrogen and oxygen atoms in total. The molecule has 102 valence electrons. The molecule has 1 aliphatic rings. The van der Waals surface area contributed by atoms with Crippen LogP contribution >= 0.6 is 0 Å². The summed E-state index contributed by atoms with van der Waals surface area (Å²) in [5.74, 6) is 0. The number of hydrogen-bond donors (Lipinski definition) is 2. The molecule has 18 heavy (non-hydrogen) atoms. The molecule has 1 aromatic rings. The van der Waals surface area contributed by atoms with Crippen LogP contribution in [0.2, 0.25) is 0 Å². The number of H-pyrrole nitrogens is 1. The van der Waals surface area contributed by atoms with Crippen LogP contribution in [0.15, 0.2) is 18.3 Å². The lowest BCUT2D eigenvalue weighted by Crippen LogP contribution is -2.35. The Morgan fingerprint density at radius 1 is 1.33 bits per heavy atom. The van der Waals surface area contributed by atoms with Gasteiger partial charge in [-0.3, -0.25) is 0 Å². The maximum atomic E-state index is 3.49. The first kappa shape index (κ1) is 13.6. The van der Waals surface area contributed by atoms with E-state index in [2.05, 4.69) is 28.3 Å². The quantitative estimate of drug-likeness (QED) is 0.728. The third-order valence-corrected chi connectivity index (χ3v) is 4.04. The Bertz CT molecular complexity index is 302. The zero-order valence-electron chi connectivity index (χ0n) is 11.6. The van der Waals surface area contributed by atoms with Gasteiger partial charge in [-0.25, -0.2) is 0 Å². The van der Waals surface area contributed by atoms with Gasteiger partial charge in [-0.2, -0.15) is 0 Å². The second kappa shape index (κ2) is 7.59. The standard InChI is InChI=1S/C15H27N3/c1-18(15-8-3-2-4-9-15)12-6-10-16-13-14-7-5-11-17-14/h5,7,11,15-17H,2-4,6,8-10,12-13H2,1H3. The van der Waals surface area contributed by atoms with Crippen molar-refractivity contribution in [3.8, 4) is 0 Å². The first-order chi connectivity index (χ1) is 8.86. The van der Waals surface area contributed by atoms with Crippen molar-refractivity contribution in [2.45, 2.75) is 51.1 Å². The maximum Gasteiger partial charge on any atom is 0.0357 e. The Labute approximate surface area is 111 Å². The van der Waals surface area contributed by atoms with E-state index in [1.54, 1.807) is 0 Å². The first-order valence-corrected chi connectivity index (χ1v) is 7.39. The zero-order valence-corrected chi connectivity index (χ0v) is 11.6. The van der Waals surface area contributed by atoms with Gasteiger partial charge in [0.05, 0.1) is 0 Å². The molecule has 1 aliphatic carbocycles. The molecule has 0 aromatic carbocycles. The lowest BCUT2D eigenvalue weighted by atomic mass is 9.94. The SMILES string of the molecule is CN(CCCNCc1ccc[nH]1)C1CCCCC1. The van der Waals surface area contributed by atoms with E-state index >= 15 is 0 Å². The molecule has 0 atom stereocenters. The van der Waals surface area contributed by atoms with Crippen LogP contribution in [0, 0.1) is 0 Å². The van der Waals surface area contributed by atoms with Gasteiger partial charge >= 0.3 is 0 Å². The van der Waals surface area contributed by atoms with E-state index < -0.39 is 0 Å². The highest BCUT2D eigenvalue weighted by Crippen LogP contribution is 2.21. The minimum absolute atomic E-state index is 0.849. The van der Waals surface area contributed by atoms with Crippen LogP contribution in [0.1, 0.15) is 44.2 Å². The summed E-state index contributed by atoms with van der Waals surface area (Å²) in [5, 5.41) is 3.49. The Morgan fingerprint density at radius 3 is 2.89 bits per heavy atom. The van der Waals surface area contributed by atoms with E-state index in [4.69, 9.17) is 0 Å². The molecule has 0 bridgehead atoms. The third kappa shape index (κ3) is 4.46. The minimum atomic E-state index is 0.849. The van der Waals surface area contributed by atoms with Crippen molar-refractivity contribution in [1.29, 1.82) is 0 Å². The highest BCUT2D eigenvalue weighted by Gasteiger charge is 2.16. The smallest absolute Gasteiger partial charge is 0.0357 e. The third-order valence-electron chi connectivity index (χ3n) is 4.04. The van der Waals surface area contributed by atoms with Crippen LogP contribution in [0.25, 0.3) is 0 Å². The molecule has 0 saturated heterocycles. The summed E-state index contributed by atoms with van der Waals surface area (Å²) < 4.78 is 0. The van der Waals surface area contributed by atoms with Crippen molar-refractivity contribution in [1.82, 2.24) is 15.2 Å². The van der Waals surface area contributed by atoms with Crippen molar-refractivity contribution in [2.24, 2.45) is 0 Å². The number of aromatic amines is 1. The molecule has 0 aliphatic heterocycles. The van der Waals surface area contributed by atoms with Gasteiger partial charge in [0, 0.05) is 24.5 Å². The summed E-state index contributed by atoms with van der Waals surface area (Å²) in [6.07, 6.45) is 10.3. The number of nitrogens with one attached hydrogen (secondary N) is 2. The average molecular weight is 249 g/mol. The average Bonchev–Trinajstić information content (AvgIpc) is 2.92. The molecule has 1 saturated carbocycles. The molecule has 2 N–H and O–H groups in total. The largest absolute Gasteiger partial charge is 0.364 e. The number of hydrogen-bond acceptors (Lipinski definition) is 2. The number of rotatable bonds is 7. The van der Waals surface area contributed by atoms with Crippen LogP contribution in [0.5, 0.6) is 0 Å². The summed E-state index contributed by atoms with van der Waals surface area (Å²) in [6, 6.07) is 5.02.